The first-order chi connectivity index (χ1) is 14.6. The van der Waals surface area contributed by atoms with E-state index >= 15 is 0 Å². The van der Waals surface area contributed by atoms with E-state index in [-0.39, 0.29) is 18.4 Å². The van der Waals surface area contributed by atoms with Gasteiger partial charge in [0, 0.05) is 24.2 Å². The summed E-state index contributed by atoms with van der Waals surface area (Å²) in [7, 11) is 0. The number of hydrogen-bond acceptors (Lipinski definition) is 5. The number of aryl methyl sites for hydroxylation is 4. The normalized spacial score (nSPS) is 10.6. The van der Waals surface area contributed by atoms with E-state index < -0.39 is 5.82 Å². The summed E-state index contributed by atoms with van der Waals surface area (Å²) in [4.78, 5) is 22.9. The zero-order chi connectivity index (χ0) is 22.7. The lowest BCUT2D eigenvalue weighted by molar-refractivity contribution is -0.122. The molecule has 0 fully saturated rings. The summed E-state index contributed by atoms with van der Waals surface area (Å²) in [5.41, 5.74) is 4.11. The highest BCUT2D eigenvalue weighted by atomic mass is 19.1. The van der Waals surface area contributed by atoms with Gasteiger partial charge in [0.2, 0.25) is 11.8 Å². The number of carbonyl (C=O) groups excluding carboxylic acids is 2. The summed E-state index contributed by atoms with van der Waals surface area (Å²) in [5.74, 6) is 0.443. The molecule has 0 bridgehead atoms. The van der Waals surface area contributed by atoms with Crippen molar-refractivity contribution in [1.29, 1.82) is 0 Å². The maximum Gasteiger partial charge on any atom is 0.243 e. The first kappa shape index (κ1) is 22.0. The van der Waals surface area contributed by atoms with Gasteiger partial charge in [-0.05, 0) is 68.7 Å². The SMILES string of the molecule is CC(=O)NCC(=O)Nc1cc(C)c(Oc2cc(F)cc(-c3c(C)noc3C)c2)c(C)c1. The summed E-state index contributed by atoms with van der Waals surface area (Å²) in [6, 6.07) is 7.96. The third kappa shape index (κ3) is 5.28. The van der Waals surface area contributed by atoms with Crippen molar-refractivity contribution in [2.45, 2.75) is 34.6 Å². The predicted octanol–water partition coefficient (Wildman–Crippen LogP) is 4.58. The Morgan fingerprint density at radius 3 is 2.32 bits per heavy atom. The lowest BCUT2D eigenvalue weighted by Gasteiger charge is -2.15. The van der Waals surface area contributed by atoms with Gasteiger partial charge in [-0.15, -0.1) is 0 Å². The Kier molecular flexibility index (Phi) is 6.39. The molecular weight excluding hydrogens is 401 g/mol. The maximum atomic E-state index is 14.3. The fraction of sp³-hybridized carbons (Fsp3) is 0.261. The number of rotatable bonds is 6. The number of benzene rings is 2. The predicted molar refractivity (Wildman–Crippen MR) is 115 cm³/mol. The second-order valence-electron chi connectivity index (χ2n) is 7.37. The molecule has 3 aromatic rings. The van der Waals surface area contributed by atoms with Crippen LogP contribution in [0, 0.1) is 33.5 Å². The molecule has 0 radical (unpaired) electrons. The number of amides is 2. The van der Waals surface area contributed by atoms with Crippen LogP contribution in [0.15, 0.2) is 34.9 Å². The van der Waals surface area contributed by atoms with E-state index in [1.165, 1.54) is 19.1 Å². The van der Waals surface area contributed by atoms with Crippen LogP contribution in [0.5, 0.6) is 11.5 Å². The van der Waals surface area contributed by atoms with E-state index in [4.69, 9.17) is 9.26 Å². The highest BCUT2D eigenvalue weighted by Gasteiger charge is 2.16. The highest BCUT2D eigenvalue weighted by Crippen LogP contribution is 2.35. The second kappa shape index (κ2) is 8.99. The molecule has 31 heavy (non-hydrogen) atoms. The minimum atomic E-state index is -0.440. The summed E-state index contributed by atoms with van der Waals surface area (Å²) in [6.07, 6.45) is 0. The largest absolute Gasteiger partial charge is 0.457 e. The number of hydrogen-bond donors (Lipinski definition) is 2. The maximum absolute atomic E-state index is 14.3. The molecule has 3 rings (SSSR count). The van der Waals surface area contributed by atoms with Gasteiger partial charge in [-0.25, -0.2) is 4.39 Å². The summed E-state index contributed by atoms with van der Waals surface area (Å²) in [5, 5.41) is 9.10. The fourth-order valence-corrected chi connectivity index (χ4v) is 3.37. The van der Waals surface area contributed by atoms with Crippen molar-refractivity contribution in [1.82, 2.24) is 10.5 Å². The monoisotopic (exact) mass is 425 g/mol. The molecule has 2 N–H and O–H groups in total. The van der Waals surface area contributed by atoms with Crippen LogP contribution in [-0.4, -0.2) is 23.5 Å². The Balaban J connectivity index is 1.85. The lowest BCUT2D eigenvalue weighted by Crippen LogP contribution is -2.31. The van der Waals surface area contributed by atoms with Gasteiger partial charge in [0.25, 0.3) is 0 Å². The topological polar surface area (TPSA) is 93.5 Å². The Hall–Kier alpha value is -3.68. The molecule has 0 aliphatic carbocycles. The first-order valence-electron chi connectivity index (χ1n) is 9.71. The van der Waals surface area contributed by atoms with Crippen LogP contribution in [0.2, 0.25) is 0 Å². The number of nitrogens with one attached hydrogen (secondary N) is 2. The lowest BCUT2D eigenvalue weighted by atomic mass is 10.0. The van der Waals surface area contributed by atoms with E-state index in [2.05, 4.69) is 15.8 Å². The third-order valence-corrected chi connectivity index (χ3v) is 4.66. The van der Waals surface area contributed by atoms with E-state index in [0.717, 1.165) is 16.7 Å². The zero-order valence-corrected chi connectivity index (χ0v) is 18.1. The molecule has 2 aromatic carbocycles. The standard InChI is InChI=1S/C23H24FN3O4/c1-12-6-19(26-21(29)11-25-16(5)28)7-13(2)23(12)30-20-9-17(8-18(24)10-20)22-14(3)27-31-15(22)4/h6-10H,11H2,1-5H3,(H,25,28)(H,26,29). The van der Waals surface area contributed by atoms with E-state index in [9.17, 15) is 14.0 Å². The number of aromatic nitrogens is 1. The molecule has 0 saturated carbocycles. The molecule has 0 atom stereocenters. The minimum Gasteiger partial charge on any atom is -0.457 e. The van der Waals surface area contributed by atoms with Crippen LogP contribution in [-0.2, 0) is 9.59 Å². The molecule has 2 amide bonds. The Bertz CT molecular complexity index is 1110. The van der Waals surface area contributed by atoms with Crippen LogP contribution >= 0.6 is 0 Å². The highest BCUT2D eigenvalue weighted by molar-refractivity contribution is 5.94. The van der Waals surface area contributed by atoms with Crippen molar-refractivity contribution in [3.63, 3.8) is 0 Å². The molecule has 0 saturated heterocycles. The van der Waals surface area contributed by atoms with Gasteiger partial charge in [-0.1, -0.05) is 5.16 Å². The van der Waals surface area contributed by atoms with Crippen molar-refractivity contribution in [2.24, 2.45) is 0 Å². The molecule has 0 spiro atoms. The average Bonchev–Trinajstić information content (AvgIpc) is 3.01. The van der Waals surface area contributed by atoms with Gasteiger partial charge >= 0.3 is 0 Å². The summed E-state index contributed by atoms with van der Waals surface area (Å²) < 4.78 is 25.5. The molecule has 8 heteroatoms. The van der Waals surface area contributed by atoms with Crippen LogP contribution < -0.4 is 15.4 Å². The number of anilines is 1. The summed E-state index contributed by atoms with van der Waals surface area (Å²) in [6.45, 7) is 8.47. The molecule has 1 heterocycles. The van der Waals surface area contributed by atoms with Gasteiger partial charge in [0.05, 0.1) is 12.2 Å². The smallest absolute Gasteiger partial charge is 0.243 e. The van der Waals surface area contributed by atoms with E-state index in [1.807, 2.05) is 13.8 Å². The van der Waals surface area contributed by atoms with Crippen molar-refractivity contribution in [3.8, 4) is 22.6 Å². The third-order valence-electron chi connectivity index (χ3n) is 4.66. The number of ether oxygens (including phenoxy) is 1. The molecular formula is C23H24FN3O4. The van der Waals surface area contributed by atoms with Crippen molar-refractivity contribution in [3.05, 3.63) is 58.7 Å². The number of nitrogens with zero attached hydrogens (tertiary/aromatic N) is 1. The first-order valence-corrected chi connectivity index (χ1v) is 9.71. The quantitative estimate of drug-likeness (QED) is 0.603. The Labute approximate surface area is 179 Å². The van der Waals surface area contributed by atoms with Gasteiger partial charge in [-0.3, -0.25) is 9.59 Å². The molecule has 7 nitrogen and oxygen atoms in total. The second-order valence-corrected chi connectivity index (χ2v) is 7.37. The van der Waals surface area contributed by atoms with Gasteiger partial charge < -0.3 is 19.9 Å². The Morgan fingerprint density at radius 2 is 1.74 bits per heavy atom. The minimum absolute atomic E-state index is 0.112. The van der Waals surface area contributed by atoms with E-state index in [1.54, 1.807) is 32.0 Å². The number of carbonyl (C=O) groups is 2. The van der Waals surface area contributed by atoms with Gasteiger partial charge in [0.1, 0.15) is 23.1 Å². The molecule has 1 aromatic heterocycles. The van der Waals surface area contributed by atoms with Crippen LogP contribution in [0.4, 0.5) is 10.1 Å². The van der Waals surface area contributed by atoms with E-state index in [0.29, 0.717) is 34.2 Å². The van der Waals surface area contributed by atoms with Gasteiger partial charge in [0.15, 0.2) is 0 Å². The molecule has 0 aliphatic rings. The molecule has 0 unspecified atom stereocenters. The zero-order valence-electron chi connectivity index (χ0n) is 18.1. The van der Waals surface area contributed by atoms with Crippen LogP contribution in [0.25, 0.3) is 11.1 Å². The average molecular weight is 425 g/mol. The van der Waals surface area contributed by atoms with Crippen molar-refractivity contribution < 1.29 is 23.2 Å². The van der Waals surface area contributed by atoms with Crippen LogP contribution in [0.3, 0.4) is 0 Å². The Morgan fingerprint density at radius 1 is 1.06 bits per heavy atom. The van der Waals surface area contributed by atoms with Crippen molar-refractivity contribution >= 4 is 17.5 Å². The van der Waals surface area contributed by atoms with Crippen molar-refractivity contribution in [2.75, 3.05) is 11.9 Å². The number of halogens is 1. The van der Waals surface area contributed by atoms with Crippen LogP contribution in [0.1, 0.15) is 29.5 Å². The molecule has 162 valence electrons. The van der Waals surface area contributed by atoms with Gasteiger partial charge in [-0.2, -0.15) is 0 Å². The fourth-order valence-electron chi connectivity index (χ4n) is 3.37. The molecule has 0 aliphatic heterocycles. The summed E-state index contributed by atoms with van der Waals surface area (Å²) >= 11 is 0.